The van der Waals surface area contributed by atoms with Crippen LogP contribution in [0.5, 0.6) is 0 Å². The van der Waals surface area contributed by atoms with E-state index in [2.05, 4.69) is 10.6 Å². The third-order valence-corrected chi connectivity index (χ3v) is 2.98. The first-order valence-corrected chi connectivity index (χ1v) is 6.33. The standard InChI is InChI=1S/C15H15F2N3O/c1-9(10-2-7-13(16)14(17)8-10)19-11-3-5-12(6-4-11)20-15(18)21/h2-9,19H,1H3,(H3,18,20,21). The van der Waals surface area contributed by atoms with E-state index >= 15 is 0 Å². The van der Waals surface area contributed by atoms with Crippen molar-refractivity contribution in [2.24, 2.45) is 5.73 Å². The van der Waals surface area contributed by atoms with E-state index in [0.717, 1.165) is 17.8 Å². The normalized spacial score (nSPS) is 11.8. The monoisotopic (exact) mass is 291 g/mol. The minimum atomic E-state index is -0.873. The zero-order valence-corrected chi connectivity index (χ0v) is 11.4. The van der Waals surface area contributed by atoms with Crippen molar-refractivity contribution >= 4 is 17.4 Å². The molecule has 0 aliphatic carbocycles. The fourth-order valence-electron chi connectivity index (χ4n) is 1.91. The van der Waals surface area contributed by atoms with Crippen molar-refractivity contribution in [1.82, 2.24) is 0 Å². The molecule has 0 aliphatic rings. The number of nitrogens with one attached hydrogen (secondary N) is 2. The van der Waals surface area contributed by atoms with Gasteiger partial charge in [-0.25, -0.2) is 13.6 Å². The minimum Gasteiger partial charge on any atom is -0.379 e. The van der Waals surface area contributed by atoms with Gasteiger partial charge in [-0.05, 0) is 48.9 Å². The summed E-state index contributed by atoms with van der Waals surface area (Å²) < 4.78 is 26.1. The van der Waals surface area contributed by atoms with Crippen molar-refractivity contribution in [2.45, 2.75) is 13.0 Å². The number of benzene rings is 2. The van der Waals surface area contributed by atoms with Gasteiger partial charge in [0.25, 0.3) is 0 Å². The van der Waals surface area contributed by atoms with Crippen molar-refractivity contribution in [1.29, 1.82) is 0 Å². The van der Waals surface area contributed by atoms with Crippen LogP contribution in [0.1, 0.15) is 18.5 Å². The number of hydrogen-bond acceptors (Lipinski definition) is 2. The summed E-state index contributed by atoms with van der Waals surface area (Å²) in [5.74, 6) is -1.74. The second-order valence-electron chi connectivity index (χ2n) is 4.61. The van der Waals surface area contributed by atoms with Crippen LogP contribution in [0.3, 0.4) is 0 Å². The van der Waals surface area contributed by atoms with Gasteiger partial charge in [0, 0.05) is 17.4 Å². The molecular weight excluding hydrogens is 276 g/mol. The van der Waals surface area contributed by atoms with Gasteiger partial charge in [-0.2, -0.15) is 0 Å². The number of nitrogens with two attached hydrogens (primary N) is 1. The molecule has 2 rings (SSSR count). The Morgan fingerprint density at radius 1 is 1.05 bits per heavy atom. The van der Waals surface area contributed by atoms with Crippen LogP contribution >= 0.6 is 0 Å². The van der Waals surface area contributed by atoms with E-state index in [1.165, 1.54) is 6.07 Å². The molecule has 2 aromatic carbocycles. The lowest BCUT2D eigenvalue weighted by molar-refractivity contribution is 0.259. The van der Waals surface area contributed by atoms with Crippen LogP contribution in [-0.4, -0.2) is 6.03 Å². The molecule has 2 aromatic rings. The molecule has 4 nitrogen and oxygen atoms in total. The van der Waals surface area contributed by atoms with E-state index in [4.69, 9.17) is 5.73 Å². The first-order valence-electron chi connectivity index (χ1n) is 6.33. The second kappa shape index (κ2) is 6.21. The zero-order chi connectivity index (χ0) is 15.4. The van der Waals surface area contributed by atoms with Gasteiger partial charge < -0.3 is 16.4 Å². The molecule has 0 aromatic heterocycles. The summed E-state index contributed by atoms with van der Waals surface area (Å²) in [7, 11) is 0. The molecule has 21 heavy (non-hydrogen) atoms. The van der Waals surface area contributed by atoms with Crippen LogP contribution in [0, 0.1) is 11.6 Å². The molecule has 0 radical (unpaired) electrons. The predicted molar refractivity (Wildman–Crippen MR) is 78.0 cm³/mol. The Labute approximate surface area is 121 Å². The number of urea groups is 1. The molecular formula is C15H15F2N3O. The van der Waals surface area contributed by atoms with E-state index in [1.54, 1.807) is 24.3 Å². The first kappa shape index (κ1) is 14.8. The van der Waals surface area contributed by atoms with Crippen molar-refractivity contribution in [2.75, 3.05) is 10.6 Å². The average Bonchev–Trinajstić information content (AvgIpc) is 2.43. The maximum atomic E-state index is 13.2. The van der Waals surface area contributed by atoms with Crippen LogP contribution in [-0.2, 0) is 0 Å². The van der Waals surface area contributed by atoms with Crippen molar-refractivity contribution in [3.05, 3.63) is 59.7 Å². The molecule has 0 saturated carbocycles. The quantitative estimate of drug-likeness (QED) is 0.805. The molecule has 2 amide bonds. The minimum absolute atomic E-state index is 0.199. The third-order valence-electron chi connectivity index (χ3n) is 2.98. The van der Waals surface area contributed by atoms with Gasteiger partial charge in [0.05, 0.1) is 0 Å². The van der Waals surface area contributed by atoms with Crippen LogP contribution < -0.4 is 16.4 Å². The summed E-state index contributed by atoms with van der Waals surface area (Å²) >= 11 is 0. The smallest absolute Gasteiger partial charge is 0.316 e. The van der Waals surface area contributed by atoms with Crippen LogP contribution in [0.15, 0.2) is 42.5 Å². The number of halogens is 2. The molecule has 1 atom stereocenters. The Balaban J connectivity index is 2.06. The number of rotatable bonds is 4. The Morgan fingerprint density at radius 3 is 2.24 bits per heavy atom. The van der Waals surface area contributed by atoms with Gasteiger partial charge in [0.15, 0.2) is 11.6 Å². The molecule has 0 heterocycles. The Kier molecular flexibility index (Phi) is 4.37. The largest absolute Gasteiger partial charge is 0.379 e. The molecule has 0 fully saturated rings. The molecule has 0 aliphatic heterocycles. The van der Waals surface area contributed by atoms with Gasteiger partial charge >= 0.3 is 6.03 Å². The van der Waals surface area contributed by atoms with Crippen molar-refractivity contribution in [3.8, 4) is 0 Å². The number of anilines is 2. The molecule has 0 bridgehead atoms. The number of carbonyl (C=O) groups is 1. The lowest BCUT2D eigenvalue weighted by atomic mass is 10.1. The number of primary amides is 1. The molecule has 110 valence electrons. The maximum absolute atomic E-state index is 13.2. The summed E-state index contributed by atoms with van der Waals surface area (Å²) in [4.78, 5) is 10.7. The molecule has 6 heteroatoms. The highest BCUT2D eigenvalue weighted by atomic mass is 19.2. The first-order chi connectivity index (χ1) is 9.95. The summed E-state index contributed by atoms with van der Waals surface area (Å²) in [6.45, 7) is 1.84. The van der Waals surface area contributed by atoms with E-state index in [0.29, 0.717) is 11.3 Å². The molecule has 0 saturated heterocycles. The fourth-order valence-corrected chi connectivity index (χ4v) is 1.91. The second-order valence-corrected chi connectivity index (χ2v) is 4.61. The SMILES string of the molecule is CC(Nc1ccc(NC(N)=O)cc1)c1ccc(F)c(F)c1. The number of hydrogen-bond donors (Lipinski definition) is 3. The molecule has 0 spiro atoms. The van der Waals surface area contributed by atoms with Crippen molar-refractivity contribution < 1.29 is 13.6 Å². The van der Waals surface area contributed by atoms with Gasteiger partial charge in [0.2, 0.25) is 0 Å². The van der Waals surface area contributed by atoms with Gasteiger partial charge in [-0.3, -0.25) is 0 Å². The Bertz CT molecular complexity index is 644. The summed E-state index contributed by atoms with van der Waals surface area (Å²) in [5.41, 5.74) is 7.00. The summed E-state index contributed by atoms with van der Waals surface area (Å²) in [6.07, 6.45) is 0. The predicted octanol–water partition coefficient (Wildman–Crippen LogP) is 3.63. The highest BCUT2D eigenvalue weighted by Gasteiger charge is 2.09. The third kappa shape index (κ3) is 3.92. The molecule has 4 N–H and O–H groups in total. The van der Waals surface area contributed by atoms with Crippen LogP contribution in [0.2, 0.25) is 0 Å². The fraction of sp³-hybridized carbons (Fsp3) is 0.133. The summed E-state index contributed by atoms with van der Waals surface area (Å²) in [5, 5.41) is 5.60. The van der Waals surface area contributed by atoms with E-state index in [1.807, 2.05) is 6.92 Å². The Morgan fingerprint density at radius 2 is 1.67 bits per heavy atom. The number of amides is 2. The van der Waals surface area contributed by atoms with Crippen molar-refractivity contribution in [3.63, 3.8) is 0 Å². The van der Waals surface area contributed by atoms with Crippen LogP contribution in [0.4, 0.5) is 25.0 Å². The van der Waals surface area contributed by atoms with Crippen LogP contribution in [0.25, 0.3) is 0 Å². The Hall–Kier alpha value is -2.63. The topological polar surface area (TPSA) is 67.2 Å². The van der Waals surface area contributed by atoms with E-state index in [-0.39, 0.29) is 6.04 Å². The van der Waals surface area contributed by atoms with E-state index < -0.39 is 17.7 Å². The van der Waals surface area contributed by atoms with Gasteiger partial charge in [0.1, 0.15) is 0 Å². The number of carbonyl (C=O) groups excluding carboxylic acids is 1. The lowest BCUT2D eigenvalue weighted by Gasteiger charge is -2.16. The van der Waals surface area contributed by atoms with E-state index in [9.17, 15) is 13.6 Å². The highest BCUT2D eigenvalue weighted by Crippen LogP contribution is 2.22. The maximum Gasteiger partial charge on any atom is 0.316 e. The zero-order valence-electron chi connectivity index (χ0n) is 11.4. The molecule has 1 unspecified atom stereocenters. The van der Waals surface area contributed by atoms with Gasteiger partial charge in [-0.1, -0.05) is 6.07 Å². The highest BCUT2D eigenvalue weighted by molar-refractivity contribution is 5.87. The van der Waals surface area contributed by atoms with Gasteiger partial charge in [-0.15, -0.1) is 0 Å². The lowest BCUT2D eigenvalue weighted by Crippen LogP contribution is -2.19. The summed E-state index contributed by atoms with van der Waals surface area (Å²) in [6, 6.07) is 9.83. The average molecular weight is 291 g/mol.